The first-order chi connectivity index (χ1) is 11.0. The Morgan fingerprint density at radius 3 is 2.48 bits per heavy atom. The third-order valence-corrected chi connectivity index (χ3v) is 3.17. The molecule has 1 aromatic carbocycles. The lowest BCUT2D eigenvalue weighted by Gasteiger charge is -2.23. The molecule has 2 amide bonds. The van der Waals surface area contributed by atoms with Gasteiger partial charge in [-0.25, -0.2) is 4.79 Å². The summed E-state index contributed by atoms with van der Waals surface area (Å²) in [7, 11) is 2.83. The maximum Gasteiger partial charge on any atom is 0.339 e. The van der Waals surface area contributed by atoms with Crippen molar-refractivity contribution in [2.75, 3.05) is 38.8 Å². The van der Waals surface area contributed by atoms with Gasteiger partial charge in [0.15, 0.2) is 0 Å². The lowest BCUT2D eigenvalue weighted by molar-refractivity contribution is -0.121. The molecule has 23 heavy (non-hydrogen) atoms. The van der Waals surface area contributed by atoms with Crippen LogP contribution in [0.5, 0.6) is 0 Å². The Labute approximate surface area is 135 Å². The van der Waals surface area contributed by atoms with Crippen molar-refractivity contribution in [3.8, 4) is 0 Å². The minimum atomic E-state index is -0.531. The van der Waals surface area contributed by atoms with Gasteiger partial charge in [-0.05, 0) is 12.1 Å². The minimum absolute atomic E-state index is 0.124. The molecule has 0 unspecified atom stereocenters. The number of carbonyl (C=O) groups excluding carboxylic acids is 3. The Bertz CT molecular complexity index is 559. The first-order valence-electron chi connectivity index (χ1n) is 7.22. The molecule has 0 fully saturated rings. The second kappa shape index (κ2) is 9.58. The Hall–Kier alpha value is -2.41. The fourth-order valence-corrected chi connectivity index (χ4v) is 2.03. The van der Waals surface area contributed by atoms with Crippen LogP contribution in [0.4, 0.5) is 5.69 Å². The summed E-state index contributed by atoms with van der Waals surface area (Å²) in [5.74, 6) is -0.980. The SMILES string of the molecule is COCCNC(=O)CCN(C(C)=O)c1ccccc1C(=O)OC. The number of esters is 1. The summed E-state index contributed by atoms with van der Waals surface area (Å²) in [4.78, 5) is 36.9. The Morgan fingerprint density at radius 1 is 1.17 bits per heavy atom. The molecule has 0 bridgehead atoms. The molecule has 0 aliphatic heterocycles. The fourth-order valence-electron chi connectivity index (χ4n) is 2.03. The highest BCUT2D eigenvalue weighted by Gasteiger charge is 2.20. The lowest BCUT2D eigenvalue weighted by Crippen LogP contribution is -2.35. The molecule has 0 atom stereocenters. The molecular weight excluding hydrogens is 300 g/mol. The summed E-state index contributed by atoms with van der Waals surface area (Å²) >= 11 is 0. The molecule has 0 aliphatic rings. The average molecular weight is 322 g/mol. The molecule has 0 saturated carbocycles. The highest BCUT2D eigenvalue weighted by Crippen LogP contribution is 2.21. The van der Waals surface area contributed by atoms with Crippen LogP contribution in [0.25, 0.3) is 0 Å². The van der Waals surface area contributed by atoms with Gasteiger partial charge in [0.1, 0.15) is 0 Å². The molecular formula is C16H22N2O5. The largest absolute Gasteiger partial charge is 0.465 e. The maximum absolute atomic E-state index is 11.9. The van der Waals surface area contributed by atoms with Crippen LogP contribution in [0, 0.1) is 0 Å². The zero-order chi connectivity index (χ0) is 17.2. The smallest absolute Gasteiger partial charge is 0.339 e. The van der Waals surface area contributed by atoms with Gasteiger partial charge in [0, 0.05) is 33.5 Å². The van der Waals surface area contributed by atoms with E-state index >= 15 is 0 Å². The molecule has 1 rings (SSSR count). The van der Waals surface area contributed by atoms with E-state index in [2.05, 4.69) is 5.32 Å². The van der Waals surface area contributed by atoms with Crippen molar-refractivity contribution in [3.63, 3.8) is 0 Å². The summed E-state index contributed by atoms with van der Waals surface area (Å²) < 4.78 is 9.58. The van der Waals surface area contributed by atoms with E-state index in [0.29, 0.717) is 18.8 Å². The zero-order valence-electron chi connectivity index (χ0n) is 13.6. The zero-order valence-corrected chi connectivity index (χ0v) is 13.6. The van der Waals surface area contributed by atoms with Crippen molar-refractivity contribution in [2.45, 2.75) is 13.3 Å². The molecule has 0 heterocycles. The third kappa shape index (κ3) is 5.71. The Kier molecular flexibility index (Phi) is 7.76. The number of methoxy groups -OCH3 is 2. The summed E-state index contributed by atoms with van der Waals surface area (Å²) in [5, 5.41) is 2.68. The van der Waals surface area contributed by atoms with Crippen LogP contribution in [-0.2, 0) is 19.1 Å². The second-order valence-corrected chi connectivity index (χ2v) is 4.77. The number of nitrogens with one attached hydrogen (secondary N) is 1. The number of para-hydroxylation sites is 1. The molecule has 0 radical (unpaired) electrons. The van der Waals surface area contributed by atoms with Crippen molar-refractivity contribution in [2.24, 2.45) is 0 Å². The molecule has 7 heteroatoms. The number of carbonyl (C=O) groups is 3. The number of amides is 2. The molecule has 0 aliphatic carbocycles. The molecule has 126 valence electrons. The second-order valence-electron chi connectivity index (χ2n) is 4.77. The topological polar surface area (TPSA) is 84.9 Å². The highest BCUT2D eigenvalue weighted by molar-refractivity contribution is 6.02. The summed E-state index contributed by atoms with van der Waals surface area (Å²) in [5.41, 5.74) is 0.710. The van der Waals surface area contributed by atoms with E-state index < -0.39 is 5.97 Å². The van der Waals surface area contributed by atoms with E-state index in [0.717, 1.165) is 0 Å². The van der Waals surface area contributed by atoms with Gasteiger partial charge in [0.2, 0.25) is 11.8 Å². The van der Waals surface area contributed by atoms with Crippen molar-refractivity contribution >= 4 is 23.5 Å². The van der Waals surface area contributed by atoms with Gasteiger partial charge in [0.25, 0.3) is 0 Å². The van der Waals surface area contributed by atoms with Gasteiger partial charge in [0.05, 0.1) is 25.0 Å². The van der Waals surface area contributed by atoms with Crippen molar-refractivity contribution in [3.05, 3.63) is 29.8 Å². The van der Waals surface area contributed by atoms with Crippen LogP contribution in [-0.4, -0.2) is 51.7 Å². The van der Waals surface area contributed by atoms with Crippen LogP contribution in [0.2, 0.25) is 0 Å². The van der Waals surface area contributed by atoms with Crippen molar-refractivity contribution < 1.29 is 23.9 Å². The van der Waals surface area contributed by atoms with Gasteiger partial charge in [-0.3, -0.25) is 9.59 Å². The van der Waals surface area contributed by atoms with Crippen molar-refractivity contribution in [1.29, 1.82) is 0 Å². The summed E-state index contributed by atoms with van der Waals surface area (Å²) in [6.45, 7) is 2.39. The summed E-state index contributed by atoms with van der Waals surface area (Å²) in [6, 6.07) is 6.63. The number of ether oxygens (including phenoxy) is 2. The van der Waals surface area contributed by atoms with E-state index in [1.165, 1.54) is 18.9 Å². The van der Waals surface area contributed by atoms with Crippen LogP contribution >= 0.6 is 0 Å². The van der Waals surface area contributed by atoms with Gasteiger partial charge in [-0.1, -0.05) is 12.1 Å². The monoisotopic (exact) mass is 322 g/mol. The molecule has 0 aromatic heterocycles. The first kappa shape index (κ1) is 18.6. The normalized spacial score (nSPS) is 10.0. The number of hydrogen-bond donors (Lipinski definition) is 1. The van der Waals surface area contributed by atoms with Crippen LogP contribution in [0.3, 0.4) is 0 Å². The Morgan fingerprint density at radius 2 is 1.87 bits per heavy atom. The predicted molar refractivity (Wildman–Crippen MR) is 85.3 cm³/mol. The molecule has 7 nitrogen and oxygen atoms in total. The number of rotatable bonds is 8. The van der Waals surface area contributed by atoms with E-state index in [9.17, 15) is 14.4 Å². The maximum atomic E-state index is 11.9. The predicted octanol–water partition coefficient (Wildman–Crippen LogP) is 0.979. The molecule has 0 spiro atoms. The van der Waals surface area contributed by atoms with E-state index in [1.807, 2.05) is 0 Å². The number of anilines is 1. The van der Waals surface area contributed by atoms with Crippen LogP contribution in [0.15, 0.2) is 24.3 Å². The molecule has 1 N–H and O–H groups in total. The third-order valence-electron chi connectivity index (χ3n) is 3.17. The first-order valence-corrected chi connectivity index (χ1v) is 7.22. The average Bonchev–Trinajstić information content (AvgIpc) is 2.54. The summed E-state index contributed by atoms with van der Waals surface area (Å²) in [6.07, 6.45) is 0.124. The molecule has 1 aromatic rings. The molecule has 0 saturated heterocycles. The van der Waals surface area contributed by atoms with Crippen LogP contribution in [0.1, 0.15) is 23.7 Å². The lowest BCUT2D eigenvalue weighted by atomic mass is 10.1. The quantitative estimate of drug-likeness (QED) is 0.569. The van der Waals surface area contributed by atoms with Gasteiger partial charge in [-0.15, -0.1) is 0 Å². The fraction of sp³-hybridized carbons (Fsp3) is 0.438. The Balaban J connectivity index is 2.82. The number of nitrogens with zero attached hydrogens (tertiary/aromatic N) is 1. The van der Waals surface area contributed by atoms with E-state index in [-0.39, 0.29) is 30.3 Å². The van der Waals surface area contributed by atoms with Crippen molar-refractivity contribution in [1.82, 2.24) is 5.32 Å². The van der Waals surface area contributed by atoms with Gasteiger partial charge >= 0.3 is 5.97 Å². The van der Waals surface area contributed by atoms with Gasteiger partial charge in [-0.2, -0.15) is 0 Å². The standard InChI is InChI=1S/C16H22N2O5/c1-12(19)18(10-8-15(20)17-9-11-22-2)14-7-5-4-6-13(14)16(21)23-3/h4-7H,8-11H2,1-3H3,(H,17,20). The van der Waals surface area contributed by atoms with E-state index in [4.69, 9.17) is 9.47 Å². The van der Waals surface area contributed by atoms with Gasteiger partial charge < -0.3 is 19.7 Å². The van der Waals surface area contributed by atoms with E-state index in [1.54, 1.807) is 31.4 Å². The van der Waals surface area contributed by atoms with Crippen LogP contribution < -0.4 is 10.2 Å². The number of benzene rings is 1. The highest BCUT2D eigenvalue weighted by atomic mass is 16.5. The number of hydrogen-bond acceptors (Lipinski definition) is 5. The minimum Gasteiger partial charge on any atom is -0.465 e.